The maximum atomic E-state index is 11.2. The number of carboxylic acid groups (broad SMARTS) is 1. The molecule has 7 nitrogen and oxygen atoms in total. The number of ether oxygens (including phenoxy) is 1. The van der Waals surface area contributed by atoms with Gasteiger partial charge in [-0.15, -0.1) is 0 Å². The molecular formula is C13H16N2O5. The lowest BCUT2D eigenvalue weighted by molar-refractivity contribution is -0.384. The Bertz CT molecular complexity index is 546. The molecule has 0 spiro atoms. The molecule has 7 heteroatoms. The van der Waals surface area contributed by atoms with E-state index in [9.17, 15) is 14.9 Å². The SMILES string of the molecule is Cc1ccc(N(C)C2COCC2C(=O)O)c([N+](=O)[O-])c1. The van der Waals surface area contributed by atoms with E-state index >= 15 is 0 Å². The van der Waals surface area contributed by atoms with Gasteiger partial charge < -0.3 is 14.7 Å². The highest BCUT2D eigenvalue weighted by Gasteiger charge is 2.38. The van der Waals surface area contributed by atoms with Crippen LogP contribution in [0.3, 0.4) is 0 Å². The monoisotopic (exact) mass is 280 g/mol. The van der Waals surface area contributed by atoms with Crippen LogP contribution in [-0.2, 0) is 9.53 Å². The number of hydrogen-bond acceptors (Lipinski definition) is 5. The van der Waals surface area contributed by atoms with Gasteiger partial charge in [-0.25, -0.2) is 0 Å². The predicted octanol–water partition coefficient (Wildman–Crippen LogP) is 1.44. The molecule has 0 aliphatic carbocycles. The van der Waals surface area contributed by atoms with Crippen molar-refractivity contribution >= 4 is 17.3 Å². The van der Waals surface area contributed by atoms with E-state index in [1.165, 1.54) is 6.07 Å². The Hall–Kier alpha value is -2.15. The number of benzene rings is 1. The predicted molar refractivity (Wildman–Crippen MR) is 72.0 cm³/mol. The lowest BCUT2D eigenvalue weighted by atomic mass is 10.0. The Morgan fingerprint density at radius 1 is 1.50 bits per heavy atom. The van der Waals surface area contributed by atoms with Crippen LogP contribution in [0.4, 0.5) is 11.4 Å². The fourth-order valence-corrected chi connectivity index (χ4v) is 2.42. The van der Waals surface area contributed by atoms with Crippen molar-refractivity contribution in [1.82, 2.24) is 0 Å². The highest BCUT2D eigenvalue weighted by molar-refractivity contribution is 5.73. The van der Waals surface area contributed by atoms with E-state index in [1.54, 1.807) is 31.0 Å². The molecular weight excluding hydrogens is 264 g/mol. The van der Waals surface area contributed by atoms with Crippen LogP contribution in [0.5, 0.6) is 0 Å². The number of carboxylic acids is 1. The van der Waals surface area contributed by atoms with Gasteiger partial charge in [0.15, 0.2) is 0 Å². The zero-order valence-corrected chi connectivity index (χ0v) is 11.3. The fourth-order valence-electron chi connectivity index (χ4n) is 2.42. The smallest absolute Gasteiger partial charge is 0.311 e. The normalized spacial score (nSPS) is 21.7. The van der Waals surface area contributed by atoms with Gasteiger partial charge in [-0.05, 0) is 18.6 Å². The van der Waals surface area contributed by atoms with Gasteiger partial charge in [-0.3, -0.25) is 14.9 Å². The molecule has 0 saturated carbocycles. The molecule has 0 radical (unpaired) electrons. The second-order valence-corrected chi connectivity index (χ2v) is 4.91. The molecule has 20 heavy (non-hydrogen) atoms. The minimum absolute atomic E-state index is 0.0245. The first-order valence-electron chi connectivity index (χ1n) is 6.20. The number of rotatable bonds is 4. The maximum absolute atomic E-state index is 11.2. The molecule has 108 valence electrons. The van der Waals surface area contributed by atoms with E-state index in [0.29, 0.717) is 5.69 Å². The Labute approximate surface area is 115 Å². The molecule has 1 saturated heterocycles. The van der Waals surface area contributed by atoms with Crippen LogP contribution in [0, 0.1) is 23.0 Å². The van der Waals surface area contributed by atoms with E-state index in [-0.39, 0.29) is 18.9 Å². The molecule has 2 unspecified atom stereocenters. The van der Waals surface area contributed by atoms with Gasteiger partial charge in [0, 0.05) is 13.1 Å². The van der Waals surface area contributed by atoms with E-state index < -0.39 is 22.9 Å². The zero-order chi connectivity index (χ0) is 14.9. The number of nitro benzene ring substituents is 1. The van der Waals surface area contributed by atoms with Crippen LogP contribution in [-0.4, -0.2) is 42.3 Å². The summed E-state index contributed by atoms with van der Waals surface area (Å²) in [6.07, 6.45) is 0. The first-order valence-corrected chi connectivity index (χ1v) is 6.20. The largest absolute Gasteiger partial charge is 0.481 e. The van der Waals surface area contributed by atoms with Crippen molar-refractivity contribution in [3.63, 3.8) is 0 Å². The van der Waals surface area contributed by atoms with Crippen molar-refractivity contribution in [3.8, 4) is 0 Å². The minimum Gasteiger partial charge on any atom is -0.481 e. The van der Waals surface area contributed by atoms with Gasteiger partial charge in [-0.1, -0.05) is 6.07 Å². The third-order valence-corrected chi connectivity index (χ3v) is 3.57. The van der Waals surface area contributed by atoms with Crippen molar-refractivity contribution < 1.29 is 19.6 Å². The summed E-state index contributed by atoms with van der Waals surface area (Å²) in [5, 5.41) is 20.3. The highest BCUT2D eigenvalue weighted by Crippen LogP contribution is 2.32. The van der Waals surface area contributed by atoms with E-state index in [0.717, 1.165) is 5.56 Å². The van der Waals surface area contributed by atoms with Crippen LogP contribution in [0.25, 0.3) is 0 Å². The molecule has 1 N–H and O–H groups in total. The number of likely N-dealkylation sites (N-methyl/N-ethyl adjacent to an activating group) is 1. The number of nitrogens with zero attached hydrogens (tertiary/aromatic N) is 2. The van der Waals surface area contributed by atoms with Gasteiger partial charge in [0.1, 0.15) is 11.6 Å². The molecule has 1 aromatic rings. The average Bonchev–Trinajstić information content (AvgIpc) is 2.87. The average molecular weight is 280 g/mol. The van der Waals surface area contributed by atoms with Crippen LogP contribution >= 0.6 is 0 Å². The standard InChI is InChI=1S/C13H16N2O5/c1-8-3-4-10(11(5-8)15(18)19)14(2)12-7-20-6-9(12)13(16)17/h3-5,9,12H,6-7H2,1-2H3,(H,16,17). The van der Waals surface area contributed by atoms with Crippen molar-refractivity contribution in [2.45, 2.75) is 13.0 Å². The maximum Gasteiger partial charge on any atom is 0.311 e. The summed E-state index contributed by atoms with van der Waals surface area (Å²) in [6.45, 7) is 2.15. The Morgan fingerprint density at radius 3 is 2.80 bits per heavy atom. The van der Waals surface area contributed by atoms with Crippen molar-refractivity contribution in [1.29, 1.82) is 0 Å². The van der Waals surface area contributed by atoms with Crippen LogP contribution in [0.15, 0.2) is 18.2 Å². The summed E-state index contributed by atoms with van der Waals surface area (Å²) in [6, 6.07) is 4.49. The molecule has 0 amide bonds. The molecule has 1 aliphatic heterocycles. The first kappa shape index (κ1) is 14.3. The third kappa shape index (κ3) is 2.57. The second-order valence-electron chi connectivity index (χ2n) is 4.91. The van der Waals surface area contributed by atoms with Crippen molar-refractivity contribution in [3.05, 3.63) is 33.9 Å². The van der Waals surface area contributed by atoms with Gasteiger partial charge >= 0.3 is 5.97 Å². The van der Waals surface area contributed by atoms with Gasteiger partial charge in [0.05, 0.1) is 24.2 Å². The highest BCUT2D eigenvalue weighted by atomic mass is 16.6. The topological polar surface area (TPSA) is 92.9 Å². The molecule has 1 aliphatic rings. The summed E-state index contributed by atoms with van der Waals surface area (Å²) in [4.78, 5) is 23.5. The molecule has 0 aromatic heterocycles. The minimum atomic E-state index is -0.950. The second kappa shape index (κ2) is 5.46. The summed E-state index contributed by atoms with van der Waals surface area (Å²) >= 11 is 0. The molecule has 0 bridgehead atoms. The number of hydrogen-bond donors (Lipinski definition) is 1. The lowest BCUT2D eigenvalue weighted by Crippen LogP contribution is -2.41. The molecule has 1 fully saturated rings. The van der Waals surface area contributed by atoms with Crippen molar-refractivity contribution in [2.75, 3.05) is 25.2 Å². The van der Waals surface area contributed by atoms with E-state index in [4.69, 9.17) is 9.84 Å². The first-order chi connectivity index (χ1) is 9.41. The number of nitro groups is 1. The summed E-state index contributed by atoms with van der Waals surface area (Å²) in [7, 11) is 1.66. The molecule has 2 atom stereocenters. The van der Waals surface area contributed by atoms with Crippen LogP contribution < -0.4 is 4.90 Å². The van der Waals surface area contributed by atoms with Gasteiger partial charge in [0.2, 0.25) is 0 Å². The zero-order valence-electron chi connectivity index (χ0n) is 11.3. The molecule has 1 heterocycles. The summed E-state index contributed by atoms with van der Waals surface area (Å²) in [5.41, 5.74) is 1.16. The van der Waals surface area contributed by atoms with Crippen molar-refractivity contribution in [2.24, 2.45) is 5.92 Å². The molecule has 1 aromatic carbocycles. The number of aryl methyl sites for hydroxylation is 1. The van der Waals surface area contributed by atoms with Crippen LogP contribution in [0.1, 0.15) is 5.56 Å². The van der Waals surface area contributed by atoms with E-state index in [2.05, 4.69) is 0 Å². The number of anilines is 1. The Kier molecular flexibility index (Phi) is 3.89. The Morgan fingerprint density at radius 2 is 2.20 bits per heavy atom. The quantitative estimate of drug-likeness (QED) is 0.662. The van der Waals surface area contributed by atoms with E-state index in [1.807, 2.05) is 0 Å². The van der Waals surface area contributed by atoms with Gasteiger partial charge in [-0.2, -0.15) is 0 Å². The Balaban J connectivity index is 2.36. The lowest BCUT2D eigenvalue weighted by Gasteiger charge is -2.28. The summed E-state index contributed by atoms with van der Waals surface area (Å²) < 4.78 is 5.21. The third-order valence-electron chi connectivity index (χ3n) is 3.57. The van der Waals surface area contributed by atoms with Crippen LogP contribution in [0.2, 0.25) is 0 Å². The summed E-state index contributed by atoms with van der Waals surface area (Å²) in [5.74, 6) is -1.63. The number of carbonyl (C=O) groups is 1. The number of aliphatic carboxylic acids is 1. The fraction of sp³-hybridized carbons (Fsp3) is 0.462. The van der Waals surface area contributed by atoms with Gasteiger partial charge in [0.25, 0.3) is 5.69 Å². The molecule has 2 rings (SSSR count).